The molecule has 0 unspecified atom stereocenters. The lowest BCUT2D eigenvalue weighted by atomic mass is 9.97. The number of aryl methyl sites for hydroxylation is 1. The van der Waals surface area contributed by atoms with E-state index in [0.717, 1.165) is 21.8 Å². The first-order chi connectivity index (χ1) is 9.15. The van der Waals surface area contributed by atoms with Gasteiger partial charge in [-0.05, 0) is 6.07 Å². The third-order valence-electron chi connectivity index (χ3n) is 3.22. The first kappa shape index (κ1) is 11.8. The Bertz CT molecular complexity index is 782. The second kappa shape index (κ2) is 4.15. The summed E-state index contributed by atoms with van der Waals surface area (Å²) in [6.07, 6.45) is 1.76. The lowest BCUT2D eigenvalue weighted by Crippen LogP contribution is -2.06. The van der Waals surface area contributed by atoms with Crippen LogP contribution in [0, 0.1) is 0 Å². The first-order valence-electron chi connectivity index (χ1n) is 5.78. The van der Waals surface area contributed by atoms with Crippen LogP contribution in [-0.4, -0.2) is 36.8 Å². The van der Waals surface area contributed by atoms with Gasteiger partial charge >= 0.3 is 0 Å². The molecule has 3 rings (SSSR count). The SMILES string of the molecule is [B]c1nn(C)c2cnc3cc(OC)c(OC)cc3c12. The maximum atomic E-state index is 5.97. The van der Waals surface area contributed by atoms with Gasteiger partial charge in [0.2, 0.25) is 0 Å². The van der Waals surface area contributed by atoms with Crippen LogP contribution in [0.2, 0.25) is 0 Å². The van der Waals surface area contributed by atoms with Crippen molar-refractivity contribution in [2.24, 2.45) is 7.05 Å². The molecule has 0 saturated carbocycles. The van der Waals surface area contributed by atoms with E-state index in [2.05, 4.69) is 10.1 Å². The zero-order valence-corrected chi connectivity index (χ0v) is 11.0. The second-order valence-corrected chi connectivity index (χ2v) is 4.25. The molecule has 0 aliphatic heterocycles. The molecule has 0 atom stereocenters. The Morgan fingerprint density at radius 2 is 1.84 bits per heavy atom. The summed E-state index contributed by atoms with van der Waals surface area (Å²) in [4.78, 5) is 4.42. The summed E-state index contributed by atoms with van der Waals surface area (Å²) in [5.74, 6) is 1.29. The zero-order chi connectivity index (χ0) is 13.6. The summed E-state index contributed by atoms with van der Waals surface area (Å²) in [5, 5.41) is 6.01. The molecular weight excluding hydrogens is 241 g/mol. The molecule has 2 aromatic heterocycles. The molecule has 0 fully saturated rings. The van der Waals surface area contributed by atoms with Crippen molar-refractivity contribution < 1.29 is 9.47 Å². The van der Waals surface area contributed by atoms with E-state index in [-0.39, 0.29) is 0 Å². The van der Waals surface area contributed by atoms with Gasteiger partial charge < -0.3 is 9.47 Å². The molecule has 0 N–H and O–H groups in total. The van der Waals surface area contributed by atoms with Crippen molar-refractivity contribution in [1.82, 2.24) is 14.8 Å². The fraction of sp³-hybridized carbons (Fsp3) is 0.231. The van der Waals surface area contributed by atoms with Gasteiger partial charge in [-0.25, -0.2) is 0 Å². The van der Waals surface area contributed by atoms with E-state index in [1.807, 2.05) is 19.2 Å². The number of ether oxygens (including phenoxy) is 2. The molecule has 6 heteroatoms. The number of fused-ring (bicyclic) bond motifs is 3. The largest absolute Gasteiger partial charge is 0.493 e. The van der Waals surface area contributed by atoms with Crippen molar-refractivity contribution in [3.8, 4) is 11.5 Å². The monoisotopic (exact) mass is 253 g/mol. The zero-order valence-electron chi connectivity index (χ0n) is 11.0. The summed E-state index contributed by atoms with van der Waals surface area (Å²) >= 11 is 0. The van der Waals surface area contributed by atoms with Gasteiger partial charge in [0.1, 0.15) is 7.85 Å². The highest BCUT2D eigenvalue weighted by atomic mass is 16.5. The van der Waals surface area contributed by atoms with Gasteiger partial charge in [-0.3, -0.25) is 9.67 Å². The predicted octanol–water partition coefficient (Wildman–Crippen LogP) is 0.932. The molecule has 2 radical (unpaired) electrons. The summed E-state index contributed by atoms with van der Waals surface area (Å²) in [7, 11) is 11.0. The highest BCUT2D eigenvalue weighted by Gasteiger charge is 2.13. The molecule has 94 valence electrons. The smallest absolute Gasteiger partial charge is 0.162 e. The maximum Gasteiger partial charge on any atom is 0.162 e. The Morgan fingerprint density at radius 3 is 2.53 bits per heavy atom. The number of hydrogen-bond donors (Lipinski definition) is 0. The number of nitrogens with zero attached hydrogens (tertiary/aromatic N) is 3. The average Bonchev–Trinajstić information content (AvgIpc) is 2.72. The number of methoxy groups -OCH3 is 2. The molecule has 19 heavy (non-hydrogen) atoms. The summed E-state index contributed by atoms with van der Waals surface area (Å²) < 4.78 is 12.3. The van der Waals surface area contributed by atoms with Crippen LogP contribution < -0.4 is 15.1 Å². The maximum absolute atomic E-state index is 5.97. The van der Waals surface area contributed by atoms with Gasteiger partial charge in [-0.1, -0.05) is 0 Å². The molecule has 2 heterocycles. The molecule has 5 nitrogen and oxygen atoms in total. The van der Waals surface area contributed by atoms with E-state index in [1.165, 1.54) is 0 Å². The van der Waals surface area contributed by atoms with Gasteiger partial charge in [-0.15, -0.1) is 0 Å². The second-order valence-electron chi connectivity index (χ2n) is 4.25. The van der Waals surface area contributed by atoms with Crippen molar-refractivity contribution in [1.29, 1.82) is 0 Å². The van der Waals surface area contributed by atoms with E-state index < -0.39 is 0 Å². The quantitative estimate of drug-likeness (QED) is 0.637. The Labute approximate surface area is 111 Å². The third kappa shape index (κ3) is 1.63. The first-order valence-corrected chi connectivity index (χ1v) is 5.78. The Kier molecular flexibility index (Phi) is 2.59. The molecular formula is C13H12BN3O2. The van der Waals surface area contributed by atoms with Gasteiger partial charge in [0.25, 0.3) is 0 Å². The van der Waals surface area contributed by atoms with Crippen LogP contribution in [0.15, 0.2) is 18.3 Å². The van der Waals surface area contributed by atoms with Crippen LogP contribution >= 0.6 is 0 Å². The predicted molar refractivity (Wildman–Crippen MR) is 74.5 cm³/mol. The highest BCUT2D eigenvalue weighted by molar-refractivity contribution is 6.39. The van der Waals surface area contributed by atoms with E-state index >= 15 is 0 Å². The minimum absolute atomic E-state index is 0.483. The molecule has 0 spiro atoms. The Morgan fingerprint density at radius 1 is 1.16 bits per heavy atom. The standard InChI is InChI=1S/C13H12BN3O2/c1-17-9-6-15-8-5-11(19-3)10(18-2)4-7(8)12(9)13(14)16-17/h4-6H,1-3H3. The number of hydrogen-bond acceptors (Lipinski definition) is 4. The number of rotatable bonds is 2. The molecule has 1 aromatic carbocycles. The van der Waals surface area contributed by atoms with Crippen molar-refractivity contribution in [3.63, 3.8) is 0 Å². The molecule has 0 aliphatic carbocycles. The molecule has 3 aromatic rings. The molecule has 0 bridgehead atoms. The van der Waals surface area contributed by atoms with Crippen molar-refractivity contribution in [2.45, 2.75) is 0 Å². The fourth-order valence-corrected chi connectivity index (χ4v) is 2.29. The minimum Gasteiger partial charge on any atom is -0.493 e. The van der Waals surface area contributed by atoms with E-state index in [4.69, 9.17) is 17.3 Å². The number of pyridine rings is 1. The van der Waals surface area contributed by atoms with Crippen LogP contribution in [-0.2, 0) is 7.05 Å². The van der Waals surface area contributed by atoms with Gasteiger partial charge in [0.15, 0.2) is 11.5 Å². The van der Waals surface area contributed by atoms with Crippen molar-refractivity contribution in [3.05, 3.63) is 18.3 Å². The van der Waals surface area contributed by atoms with E-state index in [9.17, 15) is 0 Å². The average molecular weight is 253 g/mol. The molecule has 0 saturated heterocycles. The molecule has 0 amide bonds. The summed E-state index contributed by atoms with van der Waals surface area (Å²) in [5.41, 5.74) is 2.17. The van der Waals surface area contributed by atoms with Gasteiger partial charge in [-0.2, -0.15) is 5.10 Å². The summed E-state index contributed by atoms with van der Waals surface area (Å²) in [6.45, 7) is 0. The lowest BCUT2D eigenvalue weighted by molar-refractivity contribution is 0.356. The third-order valence-corrected chi connectivity index (χ3v) is 3.22. The Balaban J connectivity index is 2.47. The number of aromatic nitrogens is 3. The van der Waals surface area contributed by atoms with Gasteiger partial charge in [0.05, 0.1) is 31.4 Å². The van der Waals surface area contributed by atoms with E-state index in [0.29, 0.717) is 17.1 Å². The van der Waals surface area contributed by atoms with Crippen molar-refractivity contribution in [2.75, 3.05) is 14.2 Å². The van der Waals surface area contributed by atoms with Gasteiger partial charge in [0, 0.05) is 29.5 Å². The number of benzene rings is 1. The topological polar surface area (TPSA) is 49.2 Å². The normalized spacial score (nSPS) is 11.1. The highest BCUT2D eigenvalue weighted by Crippen LogP contribution is 2.33. The summed E-state index contributed by atoms with van der Waals surface area (Å²) in [6, 6.07) is 3.71. The van der Waals surface area contributed by atoms with Crippen LogP contribution in [0.25, 0.3) is 21.8 Å². The van der Waals surface area contributed by atoms with E-state index in [1.54, 1.807) is 25.1 Å². The molecule has 0 aliphatic rings. The van der Waals surface area contributed by atoms with Crippen LogP contribution in [0.4, 0.5) is 0 Å². The minimum atomic E-state index is 0.483. The van der Waals surface area contributed by atoms with Crippen LogP contribution in [0.1, 0.15) is 0 Å². The fourth-order valence-electron chi connectivity index (χ4n) is 2.29. The van der Waals surface area contributed by atoms with Crippen LogP contribution in [0.3, 0.4) is 0 Å². The Hall–Kier alpha value is -2.24. The van der Waals surface area contributed by atoms with Crippen molar-refractivity contribution >= 4 is 35.2 Å². The van der Waals surface area contributed by atoms with Crippen LogP contribution in [0.5, 0.6) is 11.5 Å². The lowest BCUT2D eigenvalue weighted by Gasteiger charge is -2.09.